The molecule has 0 saturated heterocycles. The molecule has 1 aromatic carbocycles. The predicted octanol–water partition coefficient (Wildman–Crippen LogP) is 3.69. The summed E-state index contributed by atoms with van der Waals surface area (Å²) in [6.07, 6.45) is -6.12. The van der Waals surface area contributed by atoms with Crippen molar-refractivity contribution in [2.45, 2.75) is 44.7 Å². The molecule has 108 valence electrons. The summed E-state index contributed by atoms with van der Waals surface area (Å²) in [5, 5.41) is 3.03. The molecule has 3 unspecified atom stereocenters. The van der Waals surface area contributed by atoms with Crippen LogP contribution in [0.3, 0.4) is 0 Å². The topological polar surface area (TPSA) is 21.3 Å². The Bertz CT molecular complexity index is 367. The molecule has 0 amide bonds. The molecule has 1 rings (SSSR count). The fourth-order valence-electron chi connectivity index (χ4n) is 1.98. The lowest BCUT2D eigenvalue weighted by molar-refractivity contribution is -0.229. The van der Waals surface area contributed by atoms with Crippen LogP contribution in [0.5, 0.6) is 0 Å². The van der Waals surface area contributed by atoms with Crippen LogP contribution in [0.25, 0.3) is 0 Å². The Morgan fingerprint density at radius 3 is 2.21 bits per heavy atom. The highest BCUT2D eigenvalue weighted by Gasteiger charge is 2.39. The lowest BCUT2D eigenvalue weighted by Gasteiger charge is -2.30. The van der Waals surface area contributed by atoms with E-state index in [2.05, 4.69) is 5.32 Å². The van der Waals surface area contributed by atoms with Crippen molar-refractivity contribution in [3.63, 3.8) is 0 Å². The minimum atomic E-state index is -4.33. The summed E-state index contributed by atoms with van der Waals surface area (Å²) in [7, 11) is 1.72. The second kappa shape index (κ2) is 6.91. The average Bonchev–Trinajstić information content (AvgIpc) is 2.38. The standard InChI is InChI=1S/C14H20F3NO/c1-4-12(19-10(2)14(15,16)17)13(18-3)11-8-6-5-7-9-11/h5-10,12-13,18H,4H2,1-3H3. The van der Waals surface area contributed by atoms with Gasteiger partial charge in [-0.3, -0.25) is 0 Å². The van der Waals surface area contributed by atoms with E-state index in [0.29, 0.717) is 6.42 Å². The maximum absolute atomic E-state index is 12.6. The fraction of sp³-hybridized carbons (Fsp3) is 0.571. The van der Waals surface area contributed by atoms with Crippen LogP contribution in [-0.2, 0) is 4.74 Å². The number of hydrogen-bond acceptors (Lipinski definition) is 2. The minimum Gasteiger partial charge on any atom is -0.364 e. The van der Waals surface area contributed by atoms with E-state index in [-0.39, 0.29) is 6.04 Å². The molecular weight excluding hydrogens is 255 g/mol. The van der Waals surface area contributed by atoms with Crippen LogP contribution < -0.4 is 5.32 Å². The highest BCUT2D eigenvalue weighted by Crippen LogP contribution is 2.28. The molecule has 0 heterocycles. The monoisotopic (exact) mass is 275 g/mol. The smallest absolute Gasteiger partial charge is 0.364 e. The molecule has 1 N–H and O–H groups in total. The van der Waals surface area contributed by atoms with Crippen LogP contribution >= 0.6 is 0 Å². The third-order valence-corrected chi connectivity index (χ3v) is 3.08. The van der Waals surface area contributed by atoms with Crippen LogP contribution in [0.1, 0.15) is 31.9 Å². The largest absolute Gasteiger partial charge is 0.414 e. The molecule has 0 bridgehead atoms. The Kier molecular flexibility index (Phi) is 5.82. The quantitative estimate of drug-likeness (QED) is 0.855. The first kappa shape index (κ1) is 16.0. The van der Waals surface area contributed by atoms with Crippen LogP contribution in [0.4, 0.5) is 13.2 Å². The van der Waals surface area contributed by atoms with Crippen molar-refractivity contribution in [3.8, 4) is 0 Å². The summed E-state index contributed by atoms with van der Waals surface area (Å²) in [6.45, 7) is 2.86. The van der Waals surface area contributed by atoms with Gasteiger partial charge in [-0.15, -0.1) is 0 Å². The molecule has 0 saturated carbocycles. The van der Waals surface area contributed by atoms with Crippen molar-refractivity contribution in [2.24, 2.45) is 0 Å². The second-order valence-corrected chi connectivity index (χ2v) is 4.44. The third-order valence-electron chi connectivity index (χ3n) is 3.08. The van der Waals surface area contributed by atoms with Crippen LogP contribution in [0.2, 0.25) is 0 Å². The maximum atomic E-state index is 12.6. The predicted molar refractivity (Wildman–Crippen MR) is 68.9 cm³/mol. The number of ether oxygens (including phenoxy) is 1. The van der Waals surface area contributed by atoms with Crippen LogP contribution in [0, 0.1) is 0 Å². The molecular formula is C14H20F3NO. The molecule has 0 aliphatic rings. The maximum Gasteiger partial charge on any atom is 0.414 e. The van der Waals surface area contributed by atoms with E-state index in [9.17, 15) is 13.2 Å². The van der Waals surface area contributed by atoms with Crippen LogP contribution in [-0.4, -0.2) is 25.4 Å². The number of benzene rings is 1. The molecule has 0 aliphatic carbocycles. The zero-order valence-electron chi connectivity index (χ0n) is 11.4. The Labute approximate surface area is 112 Å². The first-order valence-corrected chi connectivity index (χ1v) is 6.34. The van der Waals surface area contributed by atoms with Crippen molar-refractivity contribution < 1.29 is 17.9 Å². The highest BCUT2D eigenvalue weighted by molar-refractivity contribution is 5.20. The minimum absolute atomic E-state index is 0.254. The van der Waals surface area contributed by atoms with Gasteiger partial charge in [0.2, 0.25) is 0 Å². The zero-order valence-corrected chi connectivity index (χ0v) is 11.4. The van der Waals surface area contributed by atoms with Gasteiger partial charge in [-0.25, -0.2) is 0 Å². The van der Waals surface area contributed by atoms with E-state index >= 15 is 0 Å². The second-order valence-electron chi connectivity index (χ2n) is 4.44. The Morgan fingerprint density at radius 1 is 1.21 bits per heavy atom. The van der Waals surface area contributed by atoms with Gasteiger partial charge in [0.05, 0.1) is 12.1 Å². The van der Waals surface area contributed by atoms with Gasteiger partial charge in [-0.05, 0) is 26.0 Å². The van der Waals surface area contributed by atoms with Crippen molar-refractivity contribution in [1.82, 2.24) is 5.32 Å². The first-order valence-electron chi connectivity index (χ1n) is 6.34. The number of hydrogen-bond donors (Lipinski definition) is 1. The van der Waals surface area contributed by atoms with Crippen molar-refractivity contribution in [1.29, 1.82) is 0 Å². The number of halogens is 3. The highest BCUT2D eigenvalue weighted by atomic mass is 19.4. The molecule has 19 heavy (non-hydrogen) atoms. The van der Waals surface area contributed by atoms with Crippen molar-refractivity contribution in [2.75, 3.05) is 7.05 Å². The lowest BCUT2D eigenvalue weighted by Crippen LogP contribution is -2.38. The van der Waals surface area contributed by atoms with Gasteiger partial charge < -0.3 is 10.1 Å². The summed E-state index contributed by atoms with van der Waals surface area (Å²) in [4.78, 5) is 0. The van der Waals surface area contributed by atoms with Gasteiger partial charge in [-0.2, -0.15) is 13.2 Å². The van der Waals surface area contributed by atoms with E-state index in [4.69, 9.17) is 4.74 Å². The normalized spacial score (nSPS) is 16.9. The number of rotatable bonds is 6. The SMILES string of the molecule is CCC(OC(C)C(F)(F)F)C(NC)c1ccccc1. The summed E-state index contributed by atoms with van der Waals surface area (Å²) < 4.78 is 42.9. The Hall–Kier alpha value is -1.07. The van der Waals surface area contributed by atoms with Crippen LogP contribution in [0.15, 0.2) is 30.3 Å². The van der Waals surface area contributed by atoms with E-state index in [1.807, 2.05) is 37.3 Å². The molecule has 3 atom stereocenters. The summed E-state index contributed by atoms with van der Waals surface area (Å²) in [5.74, 6) is 0. The van der Waals surface area contributed by atoms with Gasteiger partial charge in [0, 0.05) is 0 Å². The van der Waals surface area contributed by atoms with Crippen molar-refractivity contribution in [3.05, 3.63) is 35.9 Å². The van der Waals surface area contributed by atoms with Gasteiger partial charge in [0.25, 0.3) is 0 Å². The van der Waals surface area contributed by atoms with E-state index in [1.165, 1.54) is 0 Å². The lowest BCUT2D eigenvalue weighted by atomic mass is 9.99. The Balaban J connectivity index is 2.82. The number of nitrogens with one attached hydrogen (secondary N) is 1. The molecule has 0 aliphatic heterocycles. The van der Waals surface area contributed by atoms with Gasteiger partial charge in [0.15, 0.2) is 6.10 Å². The third kappa shape index (κ3) is 4.51. The number of likely N-dealkylation sites (N-methyl/N-ethyl adjacent to an activating group) is 1. The molecule has 5 heteroatoms. The van der Waals surface area contributed by atoms with E-state index in [1.54, 1.807) is 7.05 Å². The fourth-order valence-corrected chi connectivity index (χ4v) is 1.98. The summed E-state index contributed by atoms with van der Waals surface area (Å²) in [5.41, 5.74) is 0.922. The van der Waals surface area contributed by atoms with Crippen molar-refractivity contribution >= 4 is 0 Å². The van der Waals surface area contributed by atoms with Gasteiger partial charge in [0.1, 0.15) is 0 Å². The molecule has 0 aromatic heterocycles. The summed E-state index contributed by atoms with van der Waals surface area (Å²) in [6, 6.07) is 9.10. The average molecular weight is 275 g/mol. The van der Waals surface area contributed by atoms with E-state index < -0.39 is 18.4 Å². The molecule has 0 fully saturated rings. The van der Waals surface area contributed by atoms with Gasteiger partial charge in [-0.1, -0.05) is 37.3 Å². The number of alkyl halides is 3. The first-order chi connectivity index (χ1) is 8.90. The van der Waals surface area contributed by atoms with Gasteiger partial charge >= 0.3 is 6.18 Å². The summed E-state index contributed by atoms with van der Waals surface area (Å²) >= 11 is 0. The molecule has 2 nitrogen and oxygen atoms in total. The molecule has 0 radical (unpaired) electrons. The molecule has 1 aromatic rings. The Morgan fingerprint density at radius 2 is 1.79 bits per heavy atom. The zero-order chi connectivity index (χ0) is 14.5. The molecule has 0 spiro atoms. The van der Waals surface area contributed by atoms with E-state index in [0.717, 1.165) is 12.5 Å².